The molecule has 0 spiro atoms. The minimum Gasteiger partial charge on any atom is -0.296 e. The first-order valence-corrected chi connectivity index (χ1v) is 4.21. The standard InChI is InChI=1S/C7H3F3INO/c8-7(9,10)6-2-4(11)1-5(3-13)12-6/h1-3H. The molecule has 0 aliphatic carbocycles. The maximum Gasteiger partial charge on any atom is 0.433 e. The predicted molar refractivity (Wildman–Crippen MR) is 47.3 cm³/mol. The van der Waals surface area contributed by atoms with Crippen LogP contribution in [-0.2, 0) is 6.18 Å². The Balaban J connectivity index is 3.24. The monoisotopic (exact) mass is 301 g/mol. The third-order valence-corrected chi connectivity index (χ3v) is 1.84. The Morgan fingerprint density at radius 3 is 2.46 bits per heavy atom. The van der Waals surface area contributed by atoms with Crippen molar-refractivity contribution in [2.45, 2.75) is 6.18 Å². The Bertz CT molecular complexity index is 337. The number of rotatable bonds is 1. The van der Waals surface area contributed by atoms with E-state index in [1.54, 1.807) is 22.6 Å². The summed E-state index contributed by atoms with van der Waals surface area (Å²) in [5.41, 5.74) is -1.25. The Kier molecular flexibility index (Phi) is 2.89. The first-order valence-electron chi connectivity index (χ1n) is 3.13. The lowest BCUT2D eigenvalue weighted by Gasteiger charge is -2.05. The largest absolute Gasteiger partial charge is 0.433 e. The van der Waals surface area contributed by atoms with Crippen molar-refractivity contribution in [3.05, 3.63) is 27.1 Å². The first-order chi connectivity index (χ1) is 5.93. The number of hydrogen-bond donors (Lipinski definition) is 0. The zero-order chi connectivity index (χ0) is 10.1. The van der Waals surface area contributed by atoms with Crippen molar-refractivity contribution in [2.24, 2.45) is 0 Å². The van der Waals surface area contributed by atoms with E-state index in [1.165, 1.54) is 6.07 Å². The lowest BCUT2D eigenvalue weighted by molar-refractivity contribution is -0.141. The minimum absolute atomic E-state index is 0.209. The molecule has 2 nitrogen and oxygen atoms in total. The van der Waals surface area contributed by atoms with Gasteiger partial charge in [-0.25, -0.2) is 4.98 Å². The highest BCUT2D eigenvalue weighted by molar-refractivity contribution is 14.1. The molecule has 1 aromatic rings. The van der Waals surface area contributed by atoms with Gasteiger partial charge in [-0.15, -0.1) is 0 Å². The van der Waals surface area contributed by atoms with Crippen LogP contribution in [-0.4, -0.2) is 11.3 Å². The number of nitrogens with zero attached hydrogens (tertiary/aromatic N) is 1. The third kappa shape index (κ3) is 2.64. The lowest BCUT2D eigenvalue weighted by Crippen LogP contribution is -2.09. The molecule has 0 amide bonds. The van der Waals surface area contributed by atoms with E-state index in [4.69, 9.17) is 0 Å². The van der Waals surface area contributed by atoms with Crippen molar-refractivity contribution < 1.29 is 18.0 Å². The van der Waals surface area contributed by atoms with Crippen LogP contribution in [0.25, 0.3) is 0 Å². The number of aldehydes is 1. The van der Waals surface area contributed by atoms with E-state index < -0.39 is 11.9 Å². The fourth-order valence-corrected chi connectivity index (χ4v) is 1.34. The van der Waals surface area contributed by atoms with Gasteiger partial charge in [-0.1, -0.05) is 0 Å². The highest BCUT2D eigenvalue weighted by atomic mass is 127. The van der Waals surface area contributed by atoms with Crippen LogP contribution in [0.4, 0.5) is 13.2 Å². The summed E-state index contributed by atoms with van der Waals surface area (Å²) >= 11 is 1.70. The summed E-state index contributed by atoms with van der Waals surface area (Å²) in [5, 5.41) is 0. The second-order valence-corrected chi connectivity index (χ2v) is 3.46. The first kappa shape index (κ1) is 10.4. The maximum atomic E-state index is 12.1. The van der Waals surface area contributed by atoms with Crippen molar-refractivity contribution in [2.75, 3.05) is 0 Å². The fraction of sp³-hybridized carbons (Fsp3) is 0.143. The molecule has 13 heavy (non-hydrogen) atoms. The van der Waals surface area contributed by atoms with Crippen molar-refractivity contribution in [1.82, 2.24) is 4.98 Å². The summed E-state index contributed by atoms with van der Waals surface area (Å²) in [4.78, 5) is 13.3. The van der Waals surface area contributed by atoms with Gasteiger partial charge in [0.15, 0.2) is 6.29 Å². The molecule has 0 radical (unpaired) electrons. The average molecular weight is 301 g/mol. The molecule has 0 aliphatic heterocycles. The zero-order valence-electron chi connectivity index (χ0n) is 6.10. The molecule has 70 valence electrons. The van der Waals surface area contributed by atoms with Crippen LogP contribution < -0.4 is 0 Å². The van der Waals surface area contributed by atoms with Crippen LogP contribution in [0.15, 0.2) is 12.1 Å². The Labute approximate surface area is 85.3 Å². The molecule has 0 atom stereocenters. The van der Waals surface area contributed by atoms with E-state index in [9.17, 15) is 18.0 Å². The van der Waals surface area contributed by atoms with Gasteiger partial charge in [-0.3, -0.25) is 4.79 Å². The molecule has 6 heteroatoms. The second kappa shape index (κ2) is 3.60. The Morgan fingerprint density at radius 1 is 1.38 bits per heavy atom. The van der Waals surface area contributed by atoms with Gasteiger partial charge in [0.1, 0.15) is 11.4 Å². The molecular formula is C7H3F3INO. The number of alkyl halides is 3. The van der Waals surface area contributed by atoms with E-state index >= 15 is 0 Å². The minimum atomic E-state index is -4.50. The molecule has 1 rings (SSSR count). The van der Waals surface area contributed by atoms with Gasteiger partial charge < -0.3 is 0 Å². The van der Waals surface area contributed by atoms with Crippen molar-refractivity contribution in [3.8, 4) is 0 Å². The number of carbonyl (C=O) groups is 1. The maximum absolute atomic E-state index is 12.1. The topological polar surface area (TPSA) is 30.0 Å². The number of carbonyl (C=O) groups excluding carboxylic acids is 1. The van der Waals surface area contributed by atoms with E-state index in [0.717, 1.165) is 6.07 Å². The van der Waals surface area contributed by atoms with Crippen LogP contribution >= 0.6 is 22.6 Å². The van der Waals surface area contributed by atoms with Crippen molar-refractivity contribution >= 4 is 28.9 Å². The normalized spacial score (nSPS) is 11.4. The van der Waals surface area contributed by atoms with Gasteiger partial charge >= 0.3 is 6.18 Å². The predicted octanol–water partition coefficient (Wildman–Crippen LogP) is 2.52. The highest BCUT2D eigenvalue weighted by Crippen LogP contribution is 2.28. The number of hydrogen-bond acceptors (Lipinski definition) is 2. The summed E-state index contributed by atoms with van der Waals surface area (Å²) in [6, 6.07) is 2.16. The van der Waals surface area contributed by atoms with Crippen LogP contribution in [0.3, 0.4) is 0 Å². The smallest absolute Gasteiger partial charge is 0.296 e. The summed E-state index contributed by atoms with van der Waals surface area (Å²) < 4.78 is 36.6. The van der Waals surface area contributed by atoms with Gasteiger partial charge in [-0.05, 0) is 34.7 Å². The van der Waals surface area contributed by atoms with Gasteiger partial charge in [0.2, 0.25) is 0 Å². The molecule has 0 fully saturated rings. The van der Waals surface area contributed by atoms with Crippen LogP contribution in [0.5, 0.6) is 0 Å². The second-order valence-electron chi connectivity index (χ2n) is 2.21. The Hall–Kier alpha value is -0.660. The zero-order valence-corrected chi connectivity index (χ0v) is 8.26. The quantitative estimate of drug-likeness (QED) is 0.589. The average Bonchev–Trinajstić information content (AvgIpc) is 2.01. The molecule has 1 heterocycles. The van der Waals surface area contributed by atoms with E-state index in [2.05, 4.69) is 4.98 Å². The molecule has 0 aromatic carbocycles. The third-order valence-electron chi connectivity index (χ3n) is 1.22. The molecule has 0 bridgehead atoms. The summed E-state index contributed by atoms with van der Waals surface area (Å²) in [7, 11) is 0. The van der Waals surface area contributed by atoms with E-state index in [-0.39, 0.29) is 12.0 Å². The molecular weight excluding hydrogens is 298 g/mol. The van der Waals surface area contributed by atoms with E-state index in [0.29, 0.717) is 3.57 Å². The van der Waals surface area contributed by atoms with Gasteiger partial charge in [0.25, 0.3) is 0 Å². The molecule has 0 unspecified atom stereocenters. The Morgan fingerprint density at radius 2 is 2.00 bits per heavy atom. The number of pyridine rings is 1. The highest BCUT2D eigenvalue weighted by Gasteiger charge is 2.32. The van der Waals surface area contributed by atoms with Gasteiger partial charge in [-0.2, -0.15) is 13.2 Å². The molecule has 0 N–H and O–H groups in total. The van der Waals surface area contributed by atoms with Gasteiger partial charge in [0, 0.05) is 3.57 Å². The molecule has 0 saturated heterocycles. The molecule has 0 saturated carbocycles. The SMILES string of the molecule is O=Cc1cc(I)cc(C(F)(F)F)n1. The van der Waals surface area contributed by atoms with Gasteiger partial charge in [0.05, 0.1) is 0 Å². The van der Waals surface area contributed by atoms with Crippen molar-refractivity contribution in [1.29, 1.82) is 0 Å². The number of halogens is 4. The van der Waals surface area contributed by atoms with Crippen LogP contribution in [0.2, 0.25) is 0 Å². The number of aromatic nitrogens is 1. The van der Waals surface area contributed by atoms with E-state index in [1.807, 2.05) is 0 Å². The van der Waals surface area contributed by atoms with Crippen LogP contribution in [0.1, 0.15) is 16.2 Å². The summed E-state index contributed by atoms with van der Waals surface area (Å²) in [6.45, 7) is 0. The fourth-order valence-electron chi connectivity index (χ4n) is 0.723. The van der Waals surface area contributed by atoms with Crippen LogP contribution in [0, 0.1) is 3.57 Å². The lowest BCUT2D eigenvalue weighted by atomic mass is 10.3. The summed E-state index contributed by atoms with van der Waals surface area (Å²) in [5.74, 6) is 0. The van der Waals surface area contributed by atoms with Crippen molar-refractivity contribution in [3.63, 3.8) is 0 Å². The molecule has 1 aromatic heterocycles. The molecule has 0 aliphatic rings. The summed E-state index contributed by atoms with van der Waals surface area (Å²) in [6.07, 6.45) is -4.21.